The number of aromatic nitrogens is 4. The Morgan fingerprint density at radius 1 is 0.840 bits per heavy atom. The number of aryl methyl sites for hydroxylation is 1. The van der Waals surface area contributed by atoms with Crippen molar-refractivity contribution in [1.82, 2.24) is 40.4 Å². The van der Waals surface area contributed by atoms with Gasteiger partial charge in [0.05, 0.1) is 47.1 Å². The summed E-state index contributed by atoms with van der Waals surface area (Å²) in [5.41, 5.74) is 9.13. The molecule has 2 unspecified atom stereocenters. The number of benzene rings is 2. The molecule has 30 nitrogen and oxygen atoms in total. The van der Waals surface area contributed by atoms with E-state index in [2.05, 4.69) is 55.4 Å². The highest BCUT2D eigenvalue weighted by atomic mass is 32.1. The number of fused-ring (bicyclic) bond motifs is 2. The summed E-state index contributed by atoms with van der Waals surface area (Å²) in [4.78, 5) is 138. The Hall–Kier alpha value is -9.53. The van der Waals surface area contributed by atoms with Crippen molar-refractivity contribution in [3.63, 3.8) is 0 Å². The van der Waals surface area contributed by atoms with E-state index in [1.165, 1.54) is 30.5 Å². The lowest BCUT2D eigenvalue weighted by atomic mass is 9.39. The summed E-state index contributed by atoms with van der Waals surface area (Å²) in [6, 6.07) is 13.3. The van der Waals surface area contributed by atoms with Crippen LogP contribution in [0.1, 0.15) is 130 Å². The normalized spacial score (nSPS) is 26.1. The van der Waals surface area contributed by atoms with Crippen LogP contribution in [0.3, 0.4) is 0 Å². The second-order valence-electron chi connectivity index (χ2n) is 28.2. The number of imidazole rings is 1. The number of carboxylic acids is 2. The fourth-order valence-electron chi connectivity index (χ4n) is 16.1. The van der Waals surface area contributed by atoms with Crippen LogP contribution >= 0.6 is 11.3 Å². The molecule has 4 aliphatic carbocycles. The Balaban J connectivity index is 0.708. The van der Waals surface area contributed by atoms with Gasteiger partial charge in [0.15, 0.2) is 22.6 Å². The van der Waals surface area contributed by atoms with Crippen LogP contribution in [0, 0.1) is 22.2 Å². The van der Waals surface area contributed by atoms with E-state index in [4.69, 9.17) is 24.9 Å². The monoisotopic (exact) mass is 1400 g/mol. The van der Waals surface area contributed by atoms with Gasteiger partial charge in [-0.1, -0.05) is 57.2 Å². The molecule has 2 aromatic carbocycles. The van der Waals surface area contributed by atoms with Crippen LogP contribution in [-0.4, -0.2) is 190 Å². The molecule has 4 bridgehead atoms. The lowest BCUT2D eigenvalue weighted by molar-refractivity contribution is -0.241. The molecule has 7 amide bonds. The Bertz CT molecular complexity index is 4100. The highest BCUT2D eigenvalue weighted by Crippen LogP contribution is 2.71. The number of ether oxygens (including phenoxy) is 3. The van der Waals surface area contributed by atoms with E-state index in [0.717, 1.165) is 54.5 Å². The molecule has 1 saturated heterocycles. The van der Waals surface area contributed by atoms with Gasteiger partial charge in [-0.25, -0.2) is 29.3 Å². The number of para-hydroxylation sites is 1. The number of carbonyl (C=O) groups excluding carboxylic acids is 7. The van der Waals surface area contributed by atoms with Crippen molar-refractivity contribution in [1.29, 1.82) is 0 Å². The van der Waals surface area contributed by atoms with Gasteiger partial charge >= 0.3 is 18.0 Å². The minimum atomic E-state index is -1.92. The first kappa shape index (κ1) is 71.7. The number of hydrogen-bond acceptors (Lipinski definition) is 22. The van der Waals surface area contributed by atoms with Crippen molar-refractivity contribution >= 4 is 103 Å². The van der Waals surface area contributed by atoms with Crippen molar-refractivity contribution in [2.75, 3.05) is 48.3 Å². The molecular formula is C69H83N13O17S. The lowest BCUT2D eigenvalue weighted by Crippen LogP contribution is -2.64. The summed E-state index contributed by atoms with van der Waals surface area (Å²) in [6.45, 7) is 12.0. The fourth-order valence-corrected chi connectivity index (χ4v) is 17.0. The number of aliphatic carboxylic acids is 1. The number of carbonyl (C=O) groups is 9. The van der Waals surface area contributed by atoms with Gasteiger partial charge in [0.25, 0.3) is 17.7 Å². The maximum atomic E-state index is 13.6. The van der Waals surface area contributed by atoms with Gasteiger partial charge in [0.2, 0.25) is 17.7 Å². The first-order chi connectivity index (χ1) is 47.5. The van der Waals surface area contributed by atoms with E-state index in [9.17, 15) is 68.7 Å². The van der Waals surface area contributed by atoms with E-state index < -0.39 is 114 Å². The minimum Gasteiger partial charge on any atom is -0.479 e. The maximum absolute atomic E-state index is 13.6. The summed E-state index contributed by atoms with van der Waals surface area (Å²) < 4.78 is 21.0. The largest absolute Gasteiger partial charge is 0.479 e. The third kappa shape index (κ3) is 15.6. The van der Waals surface area contributed by atoms with Crippen LogP contribution in [0.5, 0.6) is 0 Å². The van der Waals surface area contributed by atoms with Gasteiger partial charge in [-0.05, 0) is 135 Å². The van der Waals surface area contributed by atoms with Crippen molar-refractivity contribution in [3.05, 3.63) is 113 Å². The smallest absolute Gasteiger partial charge is 0.407 e. The first-order valence-corrected chi connectivity index (χ1v) is 33.9. The predicted octanol–water partition coefficient (Wildman–Crippen LogP) is 4.06. The number of pyridine rings is 1. The number of imide groups is 1. The molecule has 4 saturated carbocycles. The van der Waals surface area contributed by atoms with E-state index >= 15 is 0 Å². The maximum Gasteiger partial charge on any atom is 0.407 e. The zero-order valence-electron chi connectivity index (χ0n) is 56.2. The number of thiazole rings is 1. The van der Waals surface area contributed by atoms with Crippen molar-refractivity contribution in [2.45, 2.75) is 161 Å². The minimum absolute atomic E-state index is 0.00410. The van der Waals surface area contributed by atoms with Gasteiger partial charge < -0.3 is 76.2 Å². The molecule has 5 fully saturated rings. The van der Waals surface area contributed by atoms with Gasteiger partial charge in [0.1, 0.15) is 49.4 Å². The van der Waals surface area contributed by atoms with Gasteiger partial charge in [-0.3, -0.25) is 44.0 Å². The number of nitrogens with zero attached hydrogens (tertiary/aromatic N) is 7. The van der Waals surface area contributed by atoms with E-state index in [1.54, 1.807) is 44.4 Å². The SMILES string of the molecule is CC(=NCC12CC3(C)CC(C)(C1)CC(OCCNC(=O)OCc1ccc(NC(=O)[C@H](C)NC(=O)[C@@H](NC(=O)CN4C(=O)C=CC4=O)C(C)C)cc1CC[C@@H]1O[C@H](C(=O)O)[C@@H](O)[C@H](O)[C@H]1O)(C3)C2)C(=CN)c1ccc(N2CCn3cnc(C(=O)Nc4nc5ccccc5s4)c3C2)nc1C(=O)O. The molecule has 31 heteroatoms. The van der Waals surface area contributed by atoms with Crippen LogP contribution in [0.4, 0.5) is 21.4 Å². The standard InChI is InChI=1S/C69H83N13O17S/c1-36(2)52(78-49(83)26-82-50(84)17-18-51(82)85)60(90)74-38(4)59(89)75-41-13-11-40(39(23-41)12-15-46-55(86)56(87)57(88)58(99-46)63(94)95)27-97-65(96)71-19-22-98-69-31-66(5)28-67(6,32-69)30-68(29-66,33-69)34-72-37(3)43(24-70)42-14-16-48(77-53(42)62(92)93)80-20-21-81-35-73-54(45(81)25-80)61(91)79-64-76-44-9-7-8-10-47(44)100-64/h7-11,13-14,16-18,23-24,35-36,38,46,52,55-58,86-88H,12,15,19-22,25-34,70H2,1-6H3,(H,71,96)(H,74,90)(H,75,89)(H,78,83)(H,92,93)(H,94,95)(H,76,79,91)/t38-,46-,52-,55-,56+,57-,58-,66?,67?,68?,69?/m0/s1. The molecule has 0 spiro atoms. The molecular weight excluding hydrogens is 1310 g/mol. The van der Waals surface area contributed by atoms with E-state index in [-0.39, 0.29) is 72.5 Å². The summed E-state index contributed by atoms with van der Waals surface area (Å²) >= 11 is 1.36. The number of amides is 7. The zero-order valence-corrected chi connectivity index (χ0v) is 57.0. The van der Waals surface area contributed by atoms with Gasteiger partial charge in [0, 0.05) is 67.1 Å². The molecule has 3 aliphatic heterocycles. The molecule has 7 aliphatic rings. The molecule has 100 heavy (non-hydrogen) atoms. The number of allylic oxidation sites excluding steroid dienone is 1. The zero-order chi connectivity index (χ0) is 71.8. The number of aliphatic imine (C=N–C) groups is 1. The molecule has 0 radical (unpaired) electrons. The number of hydrogen-bond donors (Lipinski definition) is 11. The second-order valence-corrected chi connectivity index (χ2v) is 29.2. The lowest BCUT2D eigenvalue weighted by Gasteiger charge is -2.69. The summed E-state index contributed by atoms with van der Waals surface area (Å²) in [5, 5.41) is 66.0. The Kier molecular flexibility index (Phi) is 20.8. The second kappa shape index (κ2) is 29.0. The van der Waals surface area contributed by atoms with Crippen molar-refractivity contribution in [2.24, 2.45) is 32.9 Å². The van der Waals surface area contributed by atoms with Crippen LogP contribution in [0.25, 0.3) is 15.8 Å². The number of carboxylic acid groups (broad SMARTS) is 2. The van der Waals surface area contributed by atoms with Crippen LogP contribution in [-0.2, 0) is 69.1 Å². The molecule has 6 heterocycles. The molecule has 9 atom stereocenters. The number of aliphatic hydroxyl groups is 3. The topological polar surface area (TPSA) is 431 Å². The average Bonchev–Trinajstić information content (AvgIpc) is 1.24. The predicted molar refractivity (Wildman–Crippen MR) is 363 cm³/mol. The van der Waals surface area contributed by atoms with Crippen LogP contribution in [0.15, 0.2) is 84.3 Å². The summed E-state index contributed by atoms with van der Waals surface area (Å²) in [7, 11) is 0. The third-order valence-corrected chi connectivity index (χ3v) is 20.6. The molecule has 5 aromatic rings. The fraction of sp³-hybridized carbons (Fsp3) is 0.493. The van der Waals surface area contributed by atoms with Crippen molar-refractivity contribution in [3.8, 4) is 0 Å². The number of anilines is 3. The van der Waals surface area contributed by atoms with E-state index in [1.807, 2.05) is 40.7 Å². The quantitative estimate of drug-likeness (QED) is 0.0211. The number of aliphatic hydroxyl groups excluding tert-OH is 3. The Morgan fingerprint density at radius 2 is 1.57 bits per heavy atom. The summed E-state index contributed by atoms with van der Waals surface area (Å²) in [5.74, 6) is -6.85. The molecule has 532 valence electrons. The highest BCUT2D eigenvalue weighted by Gasteiger charge is 2.66. The van der Waals surface area contributed by atoms with Gasteiger partial charge in [-0.2, -0.15) is 0 Å². The molecule has 3 aromatic heterocycles. The first-order valence-electron chi connectivity index (χ1n) is 33.1. The number of aromatic carboxylic acids is 1. The number of alkyl carbamates (subject to hydrolysis) is 1. The third-order valence-electron chi connectivity index (χ3n) is 19.7. The van der Waals surface area contributed by atoms with E-state index in [0.29, 0.717) is 75.6 Å². The van der Waals surface area contributed by atoms with Crippen molar-refractivity contribution < 1.29 is 82.9 Å². The van der Waals surface area contributed by atoms with Crippen LogP contribution in [0.2, 0.25) is 0 Å². The number of rotatable bonds is 26. The average molecular weight is 1400 g/mol. The molecule has 12 rings (SSSR count). The van der Waals surface area contributed by atoms with Gasteiger partial charge in [-0.15, -0.1) is 0 Å². The highest BCUT2D eigenvalue weighted by molar-refractivity contribution is 7.22. The Morgan fingerprint density at radius 3 is 2.26 bits per heavy atom. The Labute approximate surface area is 578 Å². The summed E-state index contributed by atoms with van der Waals surface area (Å²) in [6.07, 6.45) is 0.649. The number of nitrogens with two attached hydrogens (primary N) is 1. The molecule has 12 N–H and O–H groups in total. The number of nitrogens with one attached hydrogen (secondary N) is 5. The van der Waals surface area contributed by atoms with Crippen LogP contribution < -0.4 is 37.2 Å².